The largest absolute Gasteiger partial charge is 0.339 e. The van der Waals surface area contributed by atoms with E-state index >= 15 is 0 Å². The molecule has 0 radical (unpaired) electrons. The number of aromatic amines is 1. The molecule has 0 bridgehead atoms. The lowest BCUT2D eigenvalue weighted by Crippen LogP contribution is -2.10. The van der Waals surface area contributed by atoms with Gasteiger partial charge in [-0.15, -0.1) is 0 Å². The predicted octanol–water partition coefficient (Wildman–Crippen LogP) is 4.27. The van der Waals surface area contributed by atoms with Crippen LogP contribution >= 0.6 is 0 Å². The lowest BCUT2D eigenvalue weighted by Gasteiger charge is -2.18. The van der Waals surface area contributed by atoms with Crippen LogP contribution in [-0.2, 0) is 5.41 Å². The summed E-state index contributed by atoms with van der Waals surface area (Å²) >= 11 is 0. The van der Waals surface area contributed by atoms with Crippen molar-refractivity contribution < 1.29 is 0 Å². The summed E-state index contributed by atoms with van der Waals surface area (Å²) in [5.41, 5.74) is 5.74. The van der Waals surface area contributed by atoms with Crippen molar-refractivity contribution in [2.75, 3.05) is 0 Å². The van der Waals surface area contributed by atoms with Crippen LogP contribution in [0.15, 0.2) is 42.6 Å². The zero-order valence-corrected chi connectivity index (χ0v) is 11.9. The Balaban J connectivity index is 2.13. The number of benzene rings is 1. The number of pyridine rings is 1. The third kappa shape index (κ3) is 1.49. The first-order valence-electron chi connectivity index (χ1n) is 6.93. The average molecular weight is 263 g/mol. The molecular formula is C17H17N3. The molecule has 0 amide bonds. The summed E-state index contributed by atoms with van der Waals surface area (Å²) in [7, 11) is 0. The summed E-state index contributed by atoms with van der Waals surface area (Å²) in [4.78, 5) is 8.24. The van der Waals surface area contributed by atoms with Gasteiger partial charge in [-0.05, 0) is 35.2 Å². The fourth-order valence-electron chi connectivity index (χ4n) is 2.75. The summed E-state index contributed by atoms with van der Waals surface area (Å²) < 4.78 is 2.10. The van der Waals surface area contributed by atoms with Crippen LogP contribution in [0, 0.1) is 0 Å². The Morgan fingerprint density at radius 3 is 2.75 bits per heavy atom. The fraction of sp³-hybridized carbons (Fsp3) is 0.235. The minimum atomic E-state index is 0.150. The zero-order valence-electron chi connectivity index (χ0n) is 11.9. The van der Waals surface area contributed by atoms with Gasteiger partial charge in [0.15, 0.2) is 0 Å². The second-order valence-electron chi connectivity index (χ2n) is 6.37. The van der Waals surface area contributed by atoms with Crippen molar-refractivity contribution in [3.05, 3.63) is 48.2 Å². The van der Waals surface area contributed by atoms with Crippen molar-refractivity contribution in [3.8, 4) is 0 Å². The monoisotopic (exact) mass is 263 g/mol. The maximum Gasteiger partial charge on any atom is 0.143 e. The van der Waals surface area contributed by atoms with E-state index in [1.807, 2.05) is 24.4 Å². The third-order valence-corrected chi connectivity index (χ3v) is 3.92. The summed E-state index contributed by atoms with van der Waals surface area (Å²) in [6.45, 7) is 6.71. The molecule has 0 aliphatic heterocycles. The summed E-state index contributed by atoms with van der Waals surface area (Å²) in [5.74, 6) is 0. The van der Waals surface area contributed by atoms with Gasteiger partial charge in [-0.1, -0.05) is 32.9 Å². The van der Waals surface area contributed by atoms with Gasteiger partial charge in [0.05, 0.1) is 0 Å². The van der Waals surface area contributed by atoms with Crippen molar-refractivity contribution in [3.63, 3.8) is 0 Å². The molecular weight excluding hydrogens is 246 g/mol. The molecule has 4 aromatic rings. The van der Waals surface area contributed by atoms with E-state index in [4.69, 9.17) is 4.98 Å². The molecule has 4 rings (SSSR count). The van der Waals surface area contributed by atoms with Gasteiger partial charge in [-0.3, -0.25) is 4.40 Å². The Hall–Kier alpha value is -2.29. The van der Waals surface area contributed by atoms with Gasteiger partial charge >= 0.3 is 0 Å². The lowest BCUT2D eigenvalue weighted by atomic mass is 9.86. The van der Waals surface area contributed by atoms with Crippen LogP contribution in [0.2, 0.25) is 0 Å². The number of nitrogens with one attached hydrogen (secondary N) is 1. The maximum atomic E-state index is 4.76. The van der Waals surface area contributed by atoms with Crippen molar-refractivity contribution in [2.24, 2.45) is 0 Å². The van der Waals surface area contributed by atoms with Crippen LogP contribution in [-0.4, -0.2) is 14.4 Å². The second kappa shape index (κ2) is 3.63. The molecule has 3 nitrogen and oxygen atoms in total. The molecule has 0 fully saturated rings. The number of rotatable bonds is 0. The number of hydrogen-bond acceptors (Lipinski definition) is 1. The quantitative estimate of drug-likeness (QED) is 0.505. The molecule has 0 saturated carbocycles. The molecule has 1 aromatic carbocycles. The number of H-pyrrole nitrogens is 1. The highest BCUT2D eigenvalue weighted by atomic mass is 15.1. The van der Waals surface area contributed by atoms with Crippen LogP contribution in [0.5, 0.6) is 0 Å². The van der Waals surface area contributed by atoms with Crippen molar-refractivity contribution >= 4 is 27.7 Å². The third-order valence-electron chi connectivity index (χ3n) is 3.92. The van der Waals surface area contributed by atoms with E-state index in [0.717, 1.165) is 22.3 Å². The van der Waals surface area contributed by atoms with Gasteiger partial charge in [0.1, 0.15) is 16.8 Å². The molecule has 0 unspecified atom stereocenters. The number of nitrogens with zero attached hydrogens (tertiary/aromatic N) is 2. The topological polar surface area (TPSA) is 33.1 Å². The number of aromatic nitrogens is 3. The predicted molar refractivity (Wildman–Crippen MR) is 83.3 cm³/mol. The van der Waals surface area contributed by atoms with Crippen molar-refractivity contribution in [2.45, 2.75) is 26.2 Å². The Labute approximate surface area is 117 Å². The van der Waals surface area contributed by atoms with Crippen LogP contribution < -0.4 is 0 Å². The Bertz CT molecular complexity index is 935. The lowest BCUT2D eigenvalue weighted by molar-refractivity contribution is 0.591. The first-order valence-corrected chi connectivity index (χ1v) is 6.93. The standard InChI is InChI=1S/C17H17N3/c1-17(2,3)11-7-8-13-12(10-11)15-16(18-13)20-9-5-4-6-14(20)19-15/h4-10,18H,1-3H3. The van der Waals surface area contributed by atoms with Crippen LogP contribution in [0.3, 0.4) is 0 Å². The van der Waals surface area contributed by atoms with Crippen LogP contribution in [0.25, 0.3) is 27.7 Å². The van der Waals surface area contributed by atoms with Gasteiger partial charge in [-0.25, -0.2) is 4.98 Å². The molecule has 100 valence electrons. The Kier molecular flexibility index (Phi) is 2.09. The molecule has 3 heteroatoms. The number of fused-ring (bicyclic) bond motifs is 5. The zero-order chi connectivity index (χ0) is 13.9. The first-order chi connectivity index (χ1) is 9.54. The SMILES string of the molecule is CC(C)(C)c1ccc2[nH]c3c(nc4ccccn43)c2c1. The molecule has 0 saturated heterocycles. The minimum absolute atomic E-state index is 0.150. The molecule has 3 aromatic heterocycles. The van der Waals surface area contributed by atoms with Gasteiger partial charge < -0.3 is 4.98 Å². The summed E-state index contributed by atoms with van der Waals surface area (Å²) in [6.07, 6.45) is 2.05. The van der Waals surface area contributed by atoms with E-state index in [-0.39, 0.29) is 5.41 Å². The Morgan fingerprint density at radius 2 is 1.95 bits per heavy atom. The number of hydrogen-bond donors (Lipinski definition) is 1. The first kappa shape index (κ1) is 11.5. The summed E-state index contributed by atoms with van der Waals surface area (Å²) in [5, 5.41) is 1.20. The van der Waals surface area contributed by atoms with Gasteiger partial charge in [-0.2, -0.15) is 0 Å². The van der Waals surface area contributed by atoms with Gasteiger partial charge in [0.2, 0.25) is 0 Å². The van der Waals surface area contributed by atoms with Gasteiger partial charge in [0.25, 0.3) is 0 Å². The van der Waals surface area contributed by atoms with Crippen molar-refractivity contribution in [1.29, 1.82) is 0 Å². The van der Waals surface area contributed by atoms with E-state index in [1.165, 1.54) is 10.9 Å². The van der Waals surface area contributed by atoms with E-state index < -0.39 is 0 Å². The summed E-state index contributed by atoms with van der Waals surface area (Å²) in [6, 6.07) is 12.7. The van der Waals surface area contributed by atoms with Crippen LogP contribution in [0.1, 0.15) is 26.3 Å². The van der Waals surface area contributed by atoms with E-state index in [2.05, 4.69) is 48.4 Å². The molecule has 0 aliphatic rings. The highest BCUT2D eigenvalue weighted by Crippen LogP contribution is 2.30. The fourth-order valence-corrected chi connectivity index (χ4v) is 2.75. The van der Waals surface area contributed by atoms with Crippen LogP contribution in [0.4, 0.5) is 0 Å². The minimum Gasteiger partial charge on any atom is -0.339 e. The highest BCUT2D eigenvalue weighted by molar-refractivity contribution is 6.05. The van der Waals surface area contributed by atoms with Crippen molar-refractivity contribution in [1.82, 2.24) is 14.4 Å². The average Bonchev–Trinajstić information content (AvgIpc) is 2.93. The molecule has 0 spiro atoms. The number of imidazole rings is 1. The smallest absolute Gasteiger partial charge is 0.143 e. The second-order valence-corrected chi connectivity index (χ2v) is 6.37. The van der Waals surface area contributed by atoms with Gasteiger partial charge in [0, 0.05) is 17.1 Å². The molecule has 1 N–H and O–H groups in total. The maximum absolute atomic E-state index is 4.76. The molecule has 3 heterocycles. The van der Waals surface area contributed by atoms with E-state index in [1.54, 1.807) is 0 Å². The van der Waals surface area contributed by atoms with E-state index in [9.17, 15) is 0 Å². The highest BCUT2D eigenvalue weighted by Gasteiger charge is 2.17. The molecule has 0 atom stereocenters. The Morgan fingerprint density at radius 1 is 1.10 bits per heavy atom. The normalized spacial score (nSPS) is 12.8. The molecule has 20 heavy (non-hydrogen) atoms. The molecule has 0 aliphatic carbocycles. The van der Waals surface area contributed by atoms with E-state index in [0.29, 0.717) is 0 Å².